The smallest absolute Gasteiger partial charge is 0.390 e. The third kappa shape index (κ3) is 8.05. The average Bonchev–Trinajstić information content (AvgIpc) is 2.48. The Bertz CT molecular complexity index is 693. The normalized spacial score (nSPS) is 13.2. The lowest BCUT2D eigenvalue weighted by Gasteiger charge is -2.24. The van der Waals surface area contributed by atoms with Gasteiger partial charge in [-0.15, -0.1) is 0 Å². The second kappa shape index (κ2) is 9.77. The molecule has 1 aromatic heterocycles. The Labute approximate surface area is 151 Å². The summed E-state index contributed by atoms with van der Waals surface area (Å²) in [5, 5.41) is 13.5. The molecule has 0 aromatic carbocycles. The fourth-order valence-electron chi connectivity index (χ4n) is 1.88. The molecule has 0 radical (unpaired) electrons. The maximum Gasteiger partial charge on any atom is 0.437 e. The highest BCUT2D eigenvalue weighted by molar-refractivity contribution is 7.53. The Morgan fingerprint density at radius 1 is 1.27 bits per heavy atom. The first kappa shape index (κ1) is 22.2. The summed E-state index contributed by atoms with van der Waals surface area (Å²) in [5.41, 5.74) is -0.650. The quantitative estimate of drug-likeness (QED) is 0.329. The van der Waals surface area contributed by atoms with Gasteiger partial charge in [-0.05, 0) is 39.5 Å². The Balaban J connectivity index is 2.63. The molecular weight excluding hydrogens is 367 g/mol. The summed E-state index contributed by atoms with van der Waals surface area (Å²) in [6.45, 7) is 8.85. The van der Waals surface area contributed by atoms with Crippen LogP contribution >= 0.6 is 7.60 Å². The van der Waals surface area contributed by atoms with E-state index in [0.717, 1.165) is 6.07 Å². The van der Waals surface area contributed by atoms with Gasteiger partial charge in [0.15, 0.2) is 0 Å². The molecule has 1 atom stereocenters. The first-order valence-electron chi connectivity index (χ1n) is 8.08. The van der Waals surface area contributed by atoms with Crippen LogP contribution in [0.1, 0.15) is 34.6 Å². The van der Waals surface area contributed by atoms with Crippen molar-refractivity contribution in [1.29, 1.82) is 0 Å². The number of hydrogen-bond acceptors (Lipinski definition) is 9. The highest BCUT2D eigenvalue weighted by atomic mass is 31.2. The molecule has 1 heterocycles. The number of H-pyrrole nitrogens is 1. The molecule has 0 aliphatic heterocycles. The summed E-state index contributed by atoms with van der Waals surface area (Å²) in [6.07, 6.45) is -1.28. The van der Waals surface area contributed by atoms with E-state index >= 15 is 0 Å². The van der Waals surface area contributed by atoms with Gasteiger partial charge in [0.05, 0.1) is 24.4 Å². The minimum atomic E-state index is -3.42. The first-order chi connectivity index (χ1) is 12.0. The fraction of sp³-hybridized carbons (Fsp3) is 0.714. The summed E-state index contributed by atoms with van der Waals surface area (Å²) in [4.78, 5) is 27.0. The Kier molecular flexibility index (Phi) is 8.35. The summed E-state index contributed by atoms with van der Waals surface area (Å²) >= 11 is 0. The zero-order valence-corrected chi connectivity index (χ0v) is 16.3. The Morgan fingerprint density at radius 2 is 1.85 bits per heavy atom. The van der Waals surface area contributed by atoms with Gasteiger partial charge in [-0.2, -0.15) is 0 Å². The molecule has 148 valence electrons. The lowest BCUT2D eigenvalue weighted by Crippen LogP contribution is -2.23. The van der Waals surface area contributed by atoms with Crippen molar-refractivity contribution < 1.29 is 23.3 Å². The van der Waals surface area contributed by atoms with Crippen LogP contribution in [0.4, 0.5) is 11.8 Å². The third-order valence-corrected chi connectivity index (χ3v) is 4.68. The van der Waals surface area contributed by atoms with Gasteiger partial charge in [-0.25, -0.2) is 4.98 Å². The van der Waals surface area contributed by atoms with Crippen LogP contribution in [0.25, 0.3) is 0 Å². The lowest BCUT2D eigenvalue weighted by atomic mass is 10.4. The van der Waals surface area contributed by atoms with Crippen LogP contribution in [0.2, 0.25) is 0 Å². The van der Waals surface area contributed by atoms with E-state index < -0.39 is 30.1 Å². The van der Waals surface area contributed by atoms with Crippen molar-refractivity contribution in [1.82, 2.24) is 9.97 Å². The van der Waals surface area contributed by atoms with Crippen LogP contribution in [0.15, 0.2) is 10.9 Å². The van der Waals surface area contributed by atoms with E-state index in [2.05, 4.69) is 10.3 Å². The molecule has 0 fully saturated rings. The molecule has 26 heavy (non-hydrogen) atoms. The van der Waals surface area contributed by atoms with Crippen molar-refractivity contribution in [2.24, 2.45) is 0 Å². The van der Waals surface area contributed by atoms with Gasteiger partial charge in [-0.3, -0.25) is 9.36 Å². The van der Waals surface area contributed by atoms with Crippen molar-refractivity contribution >= 4 is 19.4 Å². The van der Waals surface area contributed by atoms with Gasteiger partial charge in [0, 0.05) is 6.54 Å². The van der Waals surface area contributed by atoms with Crippen LogP contribution in [-0.2, 0) is 18.3 Å². The summed E-state index contributed by atoms with van der Waals surface area (Å²) in [5.74, 6) is -0.621. The van der Waals surface area contributed by atoms with Gasteiger partial charge in [0.1, 0.15) is 6.35 Å². The predicted molar refractivity (Wildman–Crippen MR) is 95.5 cm³/mol. The number of rotatable bonds is 11. The van der Waals surface area contributed by atoms with Gasteiger partial charge in [0.25, 0.3) is 0 Å². The van der Waals surface area contributed by atoms with Gasteiger partial charge in [0.2, 0.25) is 5.82 Å². The second-order valence-electron chi connectivity index (χ2n) is 6.12. The van der Waals surface area contributed by atoms with E-state index in [4.69, 9.17) is 13.8 Å². The Morgan fingerprint density at radius 3 is 2.35 bits per heavy atom. The molecule has 0 saturated carbocycles. The molecule has 0 aliphatic carbocycles. The summed E-state index contributed by atoms with van der Waals surface area (Å²) in [7, 11) is -3.42. The molecule has 12 heteroatoms. The fourth-order valence-corrected chi connectivity index (χ4v) is 3.77. The molecule has 11 nitrogen and oxygen atoms in total. The maximum absolute atomic E-state index is 12.7. The molecular formula is C14H25N4O7P. The Hall–Kier alpha value is -1.81. The third-order valence-electron chi connectivity index (χ3n) is 2.73. The molecule has 0 bridgehead atoms. The average molecular weight is 392 g/mol. The van der Waals surface area contributed by atoms with Crippen LogP contribution in [0, 0.1) is 10.1 Å². The molecule has 2 N–H and O–H groups in total. The van der Waals surface area contributed by atoms with E-state index in [-0.39, 0.29) is 30.9 Å². The zero-order chi connectivity index (χ0) is 19.9. The largest absolute Gasteiger partial charge is 0.437 e. The van der Waals surface area contributed by atoms with E-state index in [1.54, 1.807) is 34.6 Å². The number of ether oxygens (including phenoxy) is 1. The number of anilines is 1. The molecule has 1 aromatic rings. The molecule has 1 rings (SSSR count). The van der Waals surface area contributed by atoms with Crippen molar-refractivity contribution in [2.45, 2.75) is 52.9 Å². The number of nitrogens with zero attached hydrogens (tertiary/aromatic N) is 2. The summed E-state index contributed by atoms with van der Waals surface area (Å²) < 4.78 is 28.9. The number of nitro groups is 1. The monoisotopic (exact) mass is 392 g/mol. The van der Waals surface area contributed by atoms with Crippen LogP contribution in [0.5, 0.6) is 0 Å². The second-order valence-corrected chi connectivity index (χ2v) is 8.02. The first-order valence-corrected chi connectivity index (χ1v) is 9.80. The summed E-state index contributed by atoms with van der Waals surface area (Å²) in [6, 6.07) is 1.09. The molecule has 0 spiro atoms. The predicted octanol–water partition coefficient (Wildman–Crippen LogP) is 2.50. The number of aromatic amines is 1. The van der Waals surface area contributed by atoms with Gasteiger partial charge < -0.3 is 29.2 Å². The van der Waals surface area contributed by atoms with E-state index in [0.29, 0.717) is 0 Å². The molecule has 1 unspecified atom stereocenters. The molecule has 0 saturated heterocycles. The lowest BCUT2D eigenvalue weighted by molar-refractivity contribution is -0.394. The SMILES string of the molecule is CC(C)OP(=O)(COC(C)CNc1cc(=O)[nH]c([N+](=O)[O-])n1)OC(C)C. The minimum Gasteiger partial charge on any atom is -0.390 e. The molecule has 0 aliphatic rings. The minimum absolute atomic E-state index is 0.0379. The number of hydrogen-bond donors (Lipinski definition) is 2. The van der Waals surface area contributed by atoms with Crippen molar-refractivity contribution in [2.75, 3.05) is 18.2 Å². The molecule has 0 amide bonds. The van der Waals surface area contributed by atoms with Gasteiger partial charge in [-0.1, -0.05) is 4.98 Å². The highest BCUT2D eigenvalue weighted by Gasteiger charge is 2.29. The van der Waals surface area contributed by atoms with E-state index in [1.165, 1.54) is 0 Å². The van der Waals surface area contributed by atoms with Crippen LogP contribution in [0.3, 0.4) is 0 Å². The van der Waals surface area contributed by atoms with Gasteiger partial charge >= 0.3 is 19.1 Å². The number of aromatic nitrogens is 2. The van der Waals surface area contributed by atoms with E-state index in [1.807, 2.05) is 4.98 Å². The standard InChI is InChI=1S/C14H25N4O7P/c1-9(2)24-26(22,25-10(3)4)8-23-11(5)7-15-12-6-13(19)17-14(16-12)18(20)21/h6,9-11H,7-8H2,1-5H3,(H2,15,16,17,19). The van der Waals surface area contributed by atoms with Crippen LogP contribution in [-0.4, -0.2) is 46.1 Å². The van der Waals surface area contributed by atoms with Crippen molar-refractivity contribution in [3.8, 4) is 0 Å². The van der Waals surface area contributed by atoms with Crippen LogP contribution < -0.4 is 10.9 Å². The maximum atomic E-state index is 12.7. The van der Waals surface area contributed by atoms with Crippen molar-refractivity contribution in [3.63, 3.8) is 0 Å². The van der Waals surface area contributed by atoms with E-state index in [9.17, 15) is 19.5 Å². The topological polar surface area (TPSA) is 146 Å². The highest BCUT2D eigenvalue weighted by Crippen LogP contribution is 2.50. The number of nitrogens with one attached hydrogen (secondary N) is 2. The van der Waals surface area contributed by atoms with Crippen molar-refractivity contribution in [3.05, 3.63) is 26.5 Å². The zero-order valence-electron chi connectivity index (χ0n) is 15.4.